The molecule has 0 atom stereocenters. The van der Waals surface area contributed by atoms with Crippen molar-refractivity contribution in [2.45, 2.75) is 12.8 Å². The van der Waals surface area contributed by atoms with Gasteiger partial charge in [0, 0.05) is 26.2 Å². The summed E-state index contributed by atoms with van der Waals surface area (Å²) in [7, 11) is 0. The molecule has 1 fully saturated rings. The van der Waals surface area contributed by atoms with Crippen LogP contribution >= 0.6 is 0 Å². The maximum Gasteiger partial charge on any atom is 0.231 e. The molecule has 0 aromatic heterocycles. The summed E-state index contributed by atoms with van der Waals surface area (Å²) in [6, 6.07) is 0. The molecule has 0 saturated carbocycles. The number of primary amides is 1. The normalized spacial score (nSPS) is 22.2. The van der Waals surface area contributed by atoms with Crippen LogP contribution in [0.4, 0.5) is 0 Å². The van der Waals surface area contributed by atoms with Crippen LogP contribution in [-0.2, 0) is 4.79 Å². The van der Waals surface area contributed by atoms with Gasteiger partial charge >= 0.3 is 0 Å². The fourth-order valence-corrected chi connectivity index (χ4v) is 2.02. The number of nitrogens with two attached hydrogens (primary N) is 1. The molecule has 1 heterocycles. The Morgan fingerprint density at radius 3 is 1.78 bits per heavy atom. The van der Waals surface area contributed by atoms with Crippen molar-refractivity contribution in [3.63, 3.8) is 0 Å². The number of nitrogens with zero attached hydrogens (tertiary/aromatic N) is 1. The second-order valence-electron chi connectivity index (χ2n) is 4.70. The summed E-state index contributed by atoms with van der Waals surface area (Å²) < 4.78 is 0. The topological polar surface area (TPSA) is 82.4 Å². The smallest absolute Gasteiger partial charge is 0.231 e. The Bertz CT molecular complexity index is 211. The van der Waals surface area contributed by atoms with Crippen molar-refractivity contribution in [3.05, 3.63) is 0 Å². The first-order valence-corrected chi connectivity index (χ1v) is 6.92. The first-order valence-electron chi connectivity index (χ1n) is 6.92. The monoisotopic (exact) mass is 257 g/mol. The van der Waals surface area contributed by atoms with Gasteiger partial charge in [-0.1, -0.05) is 0 Å². The van der Waals surface area contributed by atoms with Gasteiger partial charge in [-0.15, -0.1) is 0 Å². The minimum atomic E-state index is -0.250. The van der Waals surface area contributed by atoms with Gasteiger partial charge in [0.05, 0.1) is 6.54 Å². The highest BCUT2D eigenvalue weighted by Gasteiger charge is 2.07. The zero-order valence-corrected chi connectivity index (χ0v) is 11.2. The number of carbonyl (C=O) groups is 1. The van der Waals surface area contributed by atoms with Gasteiger partial charge in [0.1, 0.15) is 0 Å². The minimum absolute atomic E-state index is 0.250. The van der Waals surface area contributed by atoms with E-state index < -0.39 is 0 Å². The Kier molecular flexibility index (Phi) is 8.75. The van der Waals surface area contributed by atoms with E-state index in [1.807, 2.05) is 0 Å². The van der Waals surface area contributed by atoms with Crippen LogP contribution in [0.15, 0.2) is 0 Å². The number of nitrogens with one attached hydrogen (secondary N) is 3. The minimum Gasteiger partial charge on any atom is -0.369 e. The lowest BCUT2D eigenvalue weighted by Gasteiger charge is -2.21. The zero-order chi connectivity index (χ0) is 13.1. The molecule has 1 saturated heterocycles. The van der Waals surface area contributed by atoms with Gasteiger partial charge in [-0.3, -0.25) is 9.69 Å². The van der Waals surface area contributed by atoms with Gasteiger partial charge in [0.15, 0.2) is 0 Å². The fourth-order valence-electron chi connectivity index (χ4n) is 2.02. The molecule has 1 rings (SSSR count). The van der Waals surface area contributed by atoms with Crippen LogP contribution in [0, 0.1) is 0 Å². The molecular formula is C12H27N5O. The van der Waals surface area contributed by atoms with Crippen LogP contribution in [0.5, 0.6) is 0 Å². The molecule has 5 N–H and O–H groups in total. The Morgan fingerprint density at radius 1 is 0.889 bits per heavy atom. The largest absolute Gasteiger partial charge is 0.369 e. The van der Waals surface area contributed by atoms with Crippen molar-refractivity contribution in [1.29, 1.82) is 0 Å². The van der Waals surface area contributed by atoms with Gasteiger partial charge in [-0.25, -0.2) is 0 Å². The number of hydrogen-bond acceptors (Lipinski definition) is 5. The number of hydrogen-bond donors (Lipinski definition) is 4. The lowest BCUT2D eigenvalue weighted by atomic mass is 10.3. The summed E-state index contributed by atoms with van der Waals surface area (Å²) in [6.45, 7) is 8.10. The van der Waals surface area contributed by atoms with Crippen molar-refractivity contribution >= 4 is 5.91 Å². The quantitative estimate of drug-likeness (QED) is 0.476. The number of carbonyl (C=O) groups excluding carboxylic acids is 1. The highest BCUT2D eigenvalue weighted by atomic mass is 16.1. The first kappa shape index (κ1) is 15.4. The standard InChI is InChI=1S/C12H27N5O/c13-12(18)11-17-9-7-15-5-1-3-14-4-2-6-16-8-10-17/h14-16H,1-11H2,(H2,13,18). The van der Waals surface area contributed by atoms with Crippen LogP contribution in [0.1, 0.15) is 12.8 Å². The van der Waals surface area contributed by atoms with Crippen molar-refractivity contribution < 1.29 is 4.79 Å². The second-order valence-corrected chi connectivity index (χ2v) is 4.70. The Morgan fingerprint density at radius 2 is 1.33 bits per heavy atom. The predicted octanol–water partition coefficient (Wildman–Crippen LogP) is -1.66. The van der Waals surface area contributed by atoms with Crippen LogP contribution < -0.4 is 21.7 Å². The highest BCUT2D eigenvalue weighted by molar-refractivity contribution is 5.75. The molecule has 1 aliphatic heterocycles. The Balaban J connectivity index is 2.26. The molecule has 0 bridgehead atoms. The van der Waals surface area contributed by atoms with E-state index in [9.17, 15) is 4.79 Å². The molecule has 0 radical (unpaired) electrons. The molecule has 1 aliphatic rings. The Labute approximate surface area is 110 Å². The molecule has 0 unspecified atom stereocenters. The van der Waals surface area contributed by atoms with Crippen LogP contribution in [-0.4, -0.2) is 69.7 Å². The maximum atomic E-state index is 11.0. The Hall–Kier alpha value is -0.690. The zero-order valence-electron chi connectivity index (χ0n) is 11.2. The average Bonchev–Trinajstić information content (AvgIpc) is 2.33. The van der Waals surface area contributed by atoms with E-state index in [2.05, 4.69) is 20.9 Å². The molecule has 1 amide bonds. The second kappa shape index (κ2) is 10.3. The molecule has 106 valence electrons. The van der Waals surface area contributed by atoms with Crippen molar-refractivity contribution in [1.82, 2.24) is 20.9 Å². The van der Waals surface area contributed by atoms with Crippen molar-refractivity contribution in [2.24, 2.45) is 5.73 Å². The average molecular weight is 257 g/mol. The van der Waals surface area contributed by atoms with Crippen LogP contribution in [0.25, 0.3) is 0 Å². The molecule has 0 spiro atoms. The van der Waals surface area contributed by atoms with Crippen molar-refractivity contribution in [2.75, 3.05) is 58.9 Å². The van der Waals surface area contributed by atoms with Gasteiger partial charge in [0.2, 0.25) is 5.91 Å². The molecule has 0 aliphatic carbocycles. The molecule has 6 nitrogen and oxygen atoms in total. The van der Waals surface area contributed by atoms with E-state index in [1.54, 1.807) is 0 Å². The lowest BCUT2D eigenvalue weighted by Crippen LogP contribution is -2.42. The lowest BCUT2D eigenvalue weighted by molar-refractivity contribution is -0.119. The SMILES string of the molecule is NC(=O)CN1CCNCCCNCCCNCC1. The van der Waals surface area contributed by atoms with Crippen molar-refractivity contribution in [3.8, 4) is 0 Å². The van der Waals surface area contributed by atoms with Gasteiger partial charge < -0.3 is 21.7 Å². The van der Waals surface area contributed by atoms with Gasteiger partial charge in [-0.2, -0.15) is 0 Å². The van der Waals surface area contributed by atoms with E-state index in [0.717, 1.165) is 65.2 Å². The summed E-state index contributed by atoms with van der Waals surface area (Å²) in [5.74, 6) is -0.250. The van der Waals surface area contributed by atoms with Gasteiger partial charge in [-0.05, 0) is 39.0 Å². The van der Waals surface area contributed by atoms with Crippen LogP contribution in [0.3, 0.4) is 0 Å². The fraction of sp³-hybridized carbons (Fsp3) is 0.917. The third-order valence-electron chi connectivity index (χ3n) is 3.00. The van der Waals surface area contributed by atoms with Crippen LogP contribution in [0.2, 0.25) is 0 Å². The summed E-state index contributed by atoms with van der Waals surface area (Å²) in [4.78, 5) is 13.1. The molecule has 18 heavy (non-hydrogen) atoms. The maximum absolute atomic E-state index is 11.0. The highest BCUT2D eigenvalue weighted by Crippen LogP contribution is 1.87. The summed E-state index contributed by atoms with van der Waals surface area (Å²) in [5, 5.41) is 10.2. The number of amides is 1. The van der Waals surface area contributed by atoms with E-state index in [0.29, 0.717) is 6.54 Å². The molecule has 0 aromatic rings. The number of rotatable bonds is 2. The summed E-state index contributed by atoms with van der Waals surface area (Å²) >= 11 is 0. The molecule has 0 aromatic carbocycles. The van der Waals surface area contributed by atoms with E-state index >= 15 is 0 Å². The third kappa shape index (κ3) is 8.41. The van der Waals surface area contributed by atoms with E-state index in [1.165, 1.54) is 0 Å². The predicted molar refractivity (Wildman–Crippen MR) is 73.5 cm³/mol. The van der Waals surface area contributed by atoms with E-state index in [-0.39, 0.29) is 5.91 Å². The van der Waals surface area contributed by atoms with Gasteiger partial charge in [0.25, 0.3) is 0 Å². The summed E-state index contributed by atoms with van der Waals surface area (Å²) in [6.07, 6.45) is 2.28. The molecule has 6 heteroatoms. The summed E-state index contributed by atoms with van der Waals surface area (Å²) in [5.41, 5.74) is 5.26. The molecular weight excluding hydrogens is 230 g/mol. The first-order chi connectivity index (χ1) is 8.79. The van der Waals surface area contributed by atoms with E-state index in [4.69, 9.17) is 5.73 Å². The third-order valence-corrected chi connectivity index (χ3v) is 3.00.